The van der Waals surface area contributed by atoms with Crippen LogP contribution in [0.5, 0.6) is 0 Å². The van der Waals surface area contributed by atoms with Gasteiger partial charge in [-0.25, -0.2) is 0 Å². The molecule has 0 aromatic carbocycles. The van der Waals surface area contributed by atoms with Crippen LogP contribution in [0.4, 0.5) is 0 Å². The number of fused-ring (bicyclic) bond motifs is 1. The average Bonchev–Trinajstić information content (AvgIpc) is 2.49. The molecule has 1 N–H and O–H groups in total. The summed E-state index contributed by atoms with van der Waals surface area (Å²) in [6.07, 6.45) is 5.53. The van der Waals surface area contributed by atoms with Crippen molar-refractivity contribution < 1.29 is 0 Å². The predicted molar refractivity (Wildman–Crippen MR) is 78.9 cm³/mol. The van der Waals surface area contributed by atoms with Crippen LogP contribution >= 0.6 is 0 Å². The molecule has 1 saturated carbocycles. The first-order valence-electron chi connectivity index (χ1n) is 7.56. The summed E-state index contributed by atoms with van der Waals surface area (Å²) in [5.41, 5.74) is -0.458. The quantitative estimate of drug-likeness (QED) is 0.783. The van der Waals surface area contributed by atoms with Crippen molar-refractivity contribution in [3.05, 3.63) is 11.6 Å². The Bertz CT molecular complexity index is 582. The fraction of sp³-hybridized carbons (Fsp3) is 0.647. The van der Waals surface area contributed by atoms with Gasteiger partial charge in [0.25, 0.3) is 0 Å². The van der Waals surface area contributed by atoms with Gasteiger partial charge in [0, 0.05) is 5.92 Å². The van der Waals surface area contributed by atoms with Gasteiger partial charge < -0.3 is 5.41 Å². The number of hydrogen-bond donors (Lipinski definition) is 1. The highest BCUT2D eigenvalue weighted by Crippen LogP contribution is 2.52. The summed E-state index contributed by atoms with van der Waals surface area (Å²) in [7, 11) is 0. The maximum atomic E-state index is 9.64. The van der Waals surface area contributed by atoms with Crippen LogP contribution in [0.2, 0.25) is 0 Å². The van der Waals surface area contributed by atoms with Crippen molar-refractivity contribution >= 4 is 5.71 Å². The van der Waals surface area contributed by atoms with Crippen LogP contribution in [-0.4, -0.2) is 5.71 Å². The summed E-state index contributed by atoms with van der Waals surface area (Å²) in [6.45, 7) is 4.20. The van der Waals surface area contributed by atoms with Gasteiger partial charge in [-0.15, -0.1) is 0 Å². The van der Waals surface area contributed by atoms with Gasteiger partial charge in [0.2, 0.25) is 0 Å². The minimum atomic E-state index is -1.44. The zero-order valence-corrected chi connectivity index (χ0v) is 12.6. The first kappa shape index (κ1) is 15.3. The summed E-state index contributed by atoms with van der Waals surface area (Å²) < 4.78 is 0. The van der Waals surface area contributed by atoms with Crippen molar-refractivity contribution in [2.24, 2.45) is 29.1 Å². The minimum Gasteiger partial charge on any atom is -0.305 e. The Kier molecular flexibility index (Phi) is 4.15. The van der Waals surface area contributed by atoms with Crippen LogP contribution in [0.1, 0.15) is 39.5 Å². The van der Waals surface area contributed by atoms with E-state index in [1.807, 2.05) is 6.92 Å². The topological polar surface area (TPSA) is 95.2 Å². The second kappa shape index (κ2) is 5.71. The molecule has 2 aliphatic carbocycles. The monoisotopic (exact) mass is 280 g/mol. The Balaban J connectivity index is 2.60. The van der Waals surface area contributed by atoms with Crippen LogP contribution in [-0.2, 0) is 0 Å². The molecule has 4 heteroatoms. The highest BCUT2D eigenvalue weighted by molar-refractivity contribution is 5.99. The number of nitrogens with zero attached hydrogens (tertiary/aromatic N) is 3. The fourth-order valence-electron chi connectivity index (χ4n) is 3.96. The van der Waals surface area contributed by atoms with Crippen LogP contribution < -0.4 is 0 Å². The zero-order chi connectivity index (χ0) is 15.6. The van der Waals surface area contributed by atoms with Crippen LogP contribution in [0.3, 0.4) is 0 Å². The van der Waals surface area contributed by atoms with E-state index in [1.165, 1.54) is 0 Å². The first-order chi connectivity index (χ1) is 10.1. The van der Waals surface area contributed by atoms with Gasteiger partial charge in [0.1, 0.15) is 5.92 Å². The van der Waals surface area contributed by atoms with E-state index in [0.29, 0.717) is 5.92 Å². The molecule has 0 aliphatic heterocycles. The Morgan fingerprint density at radius 1 is 1.33 bits per heavy atom. The van der Waals surface area contributed by atoms with Gasteiger partial charge in [-0.3, -0.25) is 0 Å². The van der Waals surface area contributed by atoms with Crippen molar-refractivity contribution in [2.45, 2.75) is 39.5 Å². The van der Waals surface area contributed by atoms with Gasteiger partial charge >= 0.3 is 0 Å². The van der Waals surface area contributed by atoms with Crippen molar-refractivity contribution in [3.8, 4) is 18.2 Å². The van der Waals surface area contributed by atoms with E-state index in [9.17, 15) is 15.8 Å². The molecule has 0 spiro atoms. The number of nitriles is 3. The molecule has 0 amide bonds. The van der Waals surface area contributed by atoms with Crippen molar-refractivity contribution in [1.29, 1.82) is 21.2 Å². The van der Waals surface area contributed by atoms with Gasteiger partial charge in [-0.1, -0.05) is 26.3 Å². The molecule has 2 rings (SSSR count). The molecule has 0 bridgehead atoms. The molecule has 0 unspecified atom stereocenters. The van der Waals surface area contributed by atoms with Gasteiger partial charge in [0.05, 0.1) is 23.9 Å². The van der Waals surface area contributed by atoms with E-state index < -0.39 is 11.3 Å². The Labute approximate surface area is 126 Å². The van der Waals surface area contributed by atoms with Crippen LogP contribution in [0, 0.1) is 68.5 Å². The maximum Gasteiger partial charge on any atom is 0.185 e. The summed E-state index contributed by atoms with van der Waals surface area (Å²) in [5, 5.41) is 37.1. The molecule has 4 atom stereocenters. The fourth-order valence-corrected chi connectivity index (χ4v) is 3.96. The van der Waals surface area contributed by atoms with E-state index >= 15 is 0 Å². The molecule has 0 heterocycles. The molecule has 21 heavy (non-hydrogen) atoms. The summed E-state index contributed by atoms with van der Waals surface area (Å²) >= 11 is 0. The molecule has 2 aliphatic rings. The van der Waals surface area contributed by atoms with Gasteiger partial charge in [0.15, 0.2) is 5.41 Å². The smallest absolute Gasteiger partial charge is 0.185 e. The van der Waals surface area contributed by atoms with Crippen LogP contribution in [0.25, 0.3) is 0 Å². The minimum absolute atomic E-state index is 0.00879. The van der Waals surface area contributed by atoms with Crippen molar-refractivity contribution in [3.63, 3.8) is 0 Å². The molecule has 0 aromatic heterocycles. The summed E-state index contributed by atoms with van der Waals surface area (Å²) in [4.78, 5) is 0. The molecular formula is C17H20N4. The highest BCUT2D eigenvalue weighted by Gasteiger charge is 2.56. The molecule has 1 fully saturated rings. The lowest BCUT2D eigenvalue weighted by molar-refractivity contribution is 0.203. The average molecular weight is 280 g/mol. The highest BCUT2D eigenvalue weighted by atomic mass is 14.6. The summed E-state index contributed by atoms with van der Waals surface area (Å²) in [5.74, 6) is -0.273. The maximum absolute atomic E-state index is 9.64. The Morgan fingerprint density at radius 2 is 2.00 bits per heavy atom. The predicted octanol–water partition coefficient (Wildman–Crippen LogP) is 3.58. The normalized spacial score (nSPS) is 33.9. The van der Waals surface area contributed by atoms with Crippen molar-refractivity contribution in [1.82, 2.24) is 0 Å². The Morgan fingerprint density at radius 3 is 2.52 bits per heavy atom. The summed E-state index contributed by atoms with van der Waals surface area (Å²) in [6, 6.07) is 6.36. The molecule has 108 valence electrons. The molecule has 0 radical (unpaired) electrons. The van der Waals surface area contributed by atoms with E-state index in [1.54, 1.807) is 0 Å². The third kappa shape index (κ3) is 2.14. The van der Waals surface area contributed by atoms with Gasteiger partial charge in [-0.05, 0) is 36.7 Å². The number of rotatable bonds is 2. The second-order valence-electron chi connectivity index (χ2n) is 6.29. The van der Waals surface area contributed by atoms with E-state index in [2.05, 4.69) is 31.2 Å². The molecule has 0 aromatic rings. The van der Waals surface area contributed by atoms with E-state index in [4.69, 9.17) is 5.41 Å². The third-order valence-corrected chi connectivity index (χ3v) is 5.01. The lowest BCUT2D eigenvalue weighted by Crippen LogP contribution is -2.50. The number of allylic oxidation sites excluding steroid dienone is 2. The van der Waals surface area contributed by atoms with Crippen LogP contribution in [0.15, 0.2) is 11.6 Å². The standard InChI is InChI=1S/C17H20N4/c1-3-4-15-13-7-11(2)5-6-12(13)14(8-18)16(21)17(15,9-19)10-20/h6,11,13-15,21H,3-5,7H2,1-2H3/t11-,13+,14-,15-/m1/s1. The van der Waals surface area contributed by atoms with E-state index in [0.717, 1.165) is 31.3 Å². The lowest BCUT2D eigenvalue weighted by atomic mass is 9.53. The first-order valence-corrected chi connectivity index (χ1v) is 7.56. The zero-order valence-electron chi connectivity index (χ0n) is 12.6. The number of hydrogen-bond acceptors (Lipinski definition) is 4. The molecule has 0 saturated heterocycles. The van der Waals surface area contributed by atoms with Gasteiger partial charge in [-0.2, -0.15) is 15.8 Å². The largest absolute Gasteiger partial charge is 0.305 e. The lowest BCUT2D eigenvalue weighted by Gasteiger charge is -2.46. The molecular weight excluding hydrogens is 260 g/mol. The third-order valence-electron chi connectivity index (χ3n) is 5.01. The van der Waals surface area contributed by atoms with E-state index in [-0.39, 0.29) is 17.5 Å². The second-order valence-corrected chi connectivity index (χ2v) is 6.29. The SMILES string of the molecule is CCC[C@@H]1[C@H]2C[C@H](C)CC=C2[C@@H](C#N)C(=N)C1(C#N)C#N. The van der Waals surface area contributed by atoms with Crippen molar-refractivity contribution in [2.75, 3.05) is 0 Å². The Hall–Kier alpha value is -2.12. The molecule has 4 nitrogen and oxygen atoms in total. The number of nitrogens with one attached hydrogen (secondary N) is 1.